The van der Waals surface area contributed by atoms with Gasteiger partial charge in [-0.3, -0.25) is 0 Å². The Hall–Kier alpha value is -9.16. The molecule has 2 aliphatic rings. The van der Waals surface area contributed by atoms with E-state index in [9.17, 15) is 0 Å². The Morgan fingerprint density at radius 3 is 1.67 bits per heavy atom. The zero-order valence-corrected chi connectivity index (χ0v) is 42.9. The zero-order valence-electron chi connectivity index (χ0n) is 42.0. The first kappa shape index (κ1) is 45.5. The summed E-state index contributed by atoms with van der Waals surface area (Å²) in [5, 5.41) is 1.97. The molecule has 0 radical (unpaired) electrons. The minimum Gasteiger partial charge on any atom is -0.456 e. The number of hydrogen-bond donors (Lipinski definition) is 0. The van der Waals surface area contributed by atoms with Crippen LogP contribution in [0.2, 0.25) is 0 Å². The van der Waals surface area contributed by atoms with Gasteiger partial charge in [0.25, 0.3) is 0 Å². The summed E-state index contributed by atoms with van der Waals surface area (Å²) in [6.45, 7) is 2.03. The van der Waals surface area contributed by atoms with E-state index in [-0.39, 0.29) is 5.41 Å². The molecular formula is C71H49N3OS. The van der Waals surface area contributed by atoms with E-state index in [4.69, 9.17) is 19.4 Å². The van der Waals surface area contributed by atoms with Gasteiger partial charge in [0.2, 0.25) is 0 Å². The maximum Gasteiger partial charge on any atom is 0.165 e. The molecule has 0 saturated carbocycles. The lowest BCUT2D eigenvalue weighted by atomic mass is 9.70. The fourth-order valence-corrected chi connectivity index (χ4v) is 12.9. The van der Waals surface area contributed by atoms with Crippen molar-refractivity contribution in [2.24, 2.45) is 0 Å². The van der Waals surface area contributed by atoms with Crippen LogP contribution in [0.3, 0.4) is 0 Å². The van der Waals surface area contributed by atoms with Crippen LogP contribution < -0.4 is 0 Å². The topological polar surface area (TPSA) is 51.8 Å². The second-order valence-electron chi connectivity index (χ2n) is 19.6. The third-order valence-corrected chi connectivity index (χ3v) is 16.4. The molecule has 12 aromatic rings. The van der Waals surface area contributed by atoms with Gasteiger partial charge in [-0.1, -0.05) is 231 Å². The van der Waals surface area contributed by atoms with Crippen LogP contribution in [0.1, 0.15) is 34.7 Å². The third-order valence-electron chi connectivity index (χ3n) is 15.5. The number of nitrogens with zero attached hydrogens (tertiary/aromatic N) is 3. The zero-order chi connectivity index (χ0) is 50.7. The van der Waals surface area contributed by atoms with Gasteiger partial charge in [-0.15, -0.1) is 11.8 Å². The summed E-state index contributed by atoms with van der Waals surface area (Å²) in [7, 11) is 0. The van der Waals surface area contributed by atoms with Crippen molar-refractivity contribution in [1.82, 2.24) is 15.0 Å². The molecule has 0 amide bonds. The molecule has 0 saturated heterocycles. The number of thioether (sulfide) groups is 1. The molecule has 360 valence electrons. The largest absolute Gasteiger partial charge is 0.456 e. The first-order valence-electron chi connectivity index (χ1n) is 26.0. The molecule has 2 aliphatic carbocycles. The van der Waals surface area contributed by atoms with Crippen molar-refractivity contribution in [3.63, 3.8) is 0 Å². The molecule has 0 unspecified atom stereocenters. The summed E-state index contributed by atoms with van der Waals surface area (Å²) in [6, 6.07) is 81.1. The van der Waals surface area contributed by atoms with E-state index < -0.39 is 0 Å². The molecule has 4 nitrogen and oxygen atoms in total. The summed E-state index contributed by atoms with van der Waals surface area (Å²) in [5.41, 5.74) is 22.7. The Bertz CT molecular complexity index is 4260. The van der Waals surface area contributed by atoms with Gasteiger partial charge in [-0.2, -0.15) is 0 Å². The normalized spacial score (nSPS) is 13.0. The molecule has 0 atom stereocenters. The number of rotatable bonds is 10. The molecule has 10 aromatic carbocycles. The quantitative estimate of drug-likeness (QED) is 0.101. The van der Waals surface area contributed by atoms with Crippen LogP contribution in [0.15, 0.2) is 258 Å². The maximum absolute atomic E-state index is 6.64. The van der Waals surface area contributed by atoms with Crippen molar-refractivity contribution >= 4 is 33.7 Å². The number of fused-ring (bicyclic) bond motifs is 13. The molecule has 0 aliphatic heterocycles. The van der Waals surface area contributed by atoms with Crippen LogP contribution in [-0.2, 0) is 11.8 Å². The maximum atomic E-state index is 6.64. The first-order valence-corrected chi connectivity index (χ1v) is 27.2. The molecule has 2 heterocycles. The van der Waals surface area contributed by atoms with Crippen molar-refractivity contribution in [2.45, 2.75) is 23.7 Å². The van der Waals surface area contributed by atoms with Gasteiger partial charge in [0, 0.05) is 32.4 Å². The van der Waals surface area contributed by atoms with E-state index >= 15 is 0 Å². The predicted octanol–water partition coefficient (Wildman–Crippen LogP) is 18.5. The van der Waals surface area contributed by atoms with Crippen LogP contribution >= 0.6 is 11.8 Å². The van der Waals surface area contributed by atoms with E-state index in [1.807, 2.05) is 31.2 Å². The molecule has 1 spiro atoms. The standard InChI is InChI=1S/C71H49N3OS/c1-3-4-5-7-21-49-22-16-28-57(67(49)76-2)70-73-68(50-40-36-46(37-41-50)45-19-8-6-9-20-45)72-69(74-70)56-27-18-33-64-66(56)58-44-51(42-43-63(58)75-64)47-34-38-48(39-35-47)52-26-17-32-62-65(52)55-25-12-15-31-61(55)71(62)59-29-13-10-23-53(59)54-24-11-14-30-60(54)71/h3-20,22-44H,21H2,1-2H3/b4-3-,7-5-. The molecule has 14 rings (SSSR count). The molecule has 5 heteroatoms. The molecule has 2 aromatic heterocycles. The van der Waals surface area contributed by atoms with Gasteiger partial charge in [0.15, 0.2) is 17.5 Å². The Morgan fingerprint density at radius 2 is 0.947 bits per heavy atom. The summed E-state index contributed by atoms with van der Waals surface area (Å²) < 4.78 is 6.64. The van der Waals surface area contributed by atoms with E-state index in [1.54, 1.807) is 11.8 Å². The van der Waals surface area contributed by atoms with Gasteiger partial charge >= 0.3 is 0 Å². The van der Waals surface area contributed by atoms with Crippen molar-refractivity contribution in [3.05, 3.63) is 277 Å². The lowest BCUT2D eigenvalue weighted by molar-refractivity contribution is 0.669. The Balaban J connectivity index is 0.873. The summed E-state index contributed by atoms with van der Waals surface area (Å²) in [4.78, 5) is 17.1. The average Bonchev–Trinajstić information content (AvgIpc) is 4.30. The van der Waals surface area contributed by atoms with Crippen molar-refractivity contribution in [2.75, 3.05) is 6.26 Å². The highest BCUT2D eigenvalue weighted by Gasteiger charge is 2.52. The number of allylic oxidation sites excluding steroid dienone is 4. The summed E-state index contributed by atoms with van der Waals surface area (Å²) >= 11 is 1.72. The number of aromatic nitrogens is 3. The minimum absolute atomic E-state index is 0.387. The highest BCUT2D eigenvalue weighted by Crippen LogP contribution is 2.64. The van der Waals surface area contributed by atoms with E-state index in [1.165, 1.54) is 61.2 Å². The van der Waals surface area contributed by atoms with Gasteiger partial charge in [0.05, 0.1) is 5.41 Å². The Labute approximate surface area is 446 Å². The Kier molecular flexibility index (Phi) is 11.2. The van der Waals surface area contributed by atoms with Crippen LogP contribution in [0, 0.1) is 0 Å². The predicted molar refractivity (Wildman–Crippen MR) is 315 cm³/mol. The van der Waals surface area contributed by atoms with Crippen LogP contribution in [-0.4, -0.2) is 21.2 Å². The molecule has 0 bridgehead atoms. The van der Waals surface area contributed by atoms with Crippen molar-refractivity contribution < 1.29 is 4.42 Å². The van der Waals surface area contributed by atoms with E-state index in [0.717, 1.165) is 72.2 Å². The van der Waals surface area contributed by atoms with Gasteiger partial charge in [-0.05, 0) is 121 Å². The number of benzene rings is 10. The Morgan fingerprint density at radius 1 is 0.421 bits per heavy atom. The lowest BCUT2D eigenvalue weighted by Gasteiger charge is -2.30. The molecular weight excluding hydrogens is 943 g/mol. The van der Waals surface area contributed by atoms with Crippen molar-refractivity contribution in [3.8, 4) is 89.8 Å². The SMILES string of the molecule is C/C=C\C=C/Cc1cccc(-c2nc(-c3ccc(-c4ccccc4)cc3)nc(-c3cccc4oc5ccc(-c6ccc(-c7cccc8c7-c7ccccc7C87c8ccccc8-c8ccccc87)cc6)cc5c34)n2)c1SC. The monoisotopic (exact) mass is 991 g/mol. The smallest absolute Gasteiger partial charge is 0.165 e. The van der Waals surface area contributed by atoms with Gasteiger partial charge in [-0.25, -0.2) is 15.0 Å². The van der Waals surface area contributed by atoms with E-state index in [2.05, 4.69) is 231 Å². The molecule has 0 N–H and O–H groups in total. The lowest BCUT2D eigenvalue weighted by Crippen LogP contribution is -2.25. The number of furan rings is 1. The molecule has 0 fully saturated rings. The highest BCUT2D eigenvalue weighted by molar-refractivity contribution is 7.98. The first-order chi connectivity index (χ1) is 37.6. The second kappa shape index (κ2) is 18.6. The van der Waals surface area contributed by atoms with Crippen LogP contribution in [0.25, 0.3) is 112 Å². The van der Waals surface area contributed by atoms with Gasteiger partial charge in [0.1, 0.15) is 11.2 Å². The van der Waals surface area contributed by atoms with Gasteiger partial charge < -0.3 is 4.42 Å². The summed E-state index contributed by atoms with van der Waals surface area (Å²) in [5.74, 6) is 1.82. The fourth-order valence-electron chi connectivity index (χ4n) is 12.2. The van der Waals surface area contributed by atoms with E-state index in [0.29, 0.717) is 17.5 Å². The second-order valence-corrected chi connectivity index (χ2v) is 20.4. The van der Waals surface area contributed by atoms with Crippen molar-refractivity contribution in [1.29, 1.82) is 0 Å². The number of hydrogen-bond acceptors (Lipinski definition) is 5. The highest BCUT2D eigenvalue weighted by atomic mass is 32.2. The summed E-state index contributed by atoms with van der Waals surface area (Å²) in [6.07, 6.45) is 11.3. The molecule has 76 heavy (non-hydrogen) atoms. The third kappa shape index (κ3) is 7.26. The minimum atomic E-state index is -0.387. The van der Waals surface area contributed by atoms with Crippen LogP contribution in [0.4, 0.5) is 0 Å². The fraction of sp³-hybridized carbons (Fsp3) is 0.0563. The average molecular weight is 992 g/mol. The van der Waals surface area contributed by atoms with Crippen LogP contribution in [0.5, 0.6) is 0 Å².